The molecule has 2 nitrogen and oxygen atoms in total. The summed E-state index contributed by atoms with van der Waals surface area (Å²) in [4.78, 5) is 2.64. The monoisotopic (exact) mass is 224 g/mol. The van der Waals surface area contributed by atoms with Gasteiger partial charge >= 0.3 is 0 Å². The highest BCUT2D eigenvalue weighted by molar-refractivity contribution is 4.91. The van der Waals surface area contributed by atoms with E-state index >= 15 is 0 Å². The van der Waals surface area contributed by atoms with Crippen molar-refractivity contribution in [2.24, 2.45) is 5.92 Å². The van der Waals surface area contributed by atoms with E-state index < -0.39 is 0 Å². The number of rotatable bonds is 5. The second-order valence-electron chi connectivity index (χ2n) is 5.32. The van der Waals surface area contributed by atoms with Crippen LogP contribution in [0.2, 0.25) is 0 Å². The van der Waals surface area contributed by atoms with E-state index in [9.17, 15) is 0 Å². The lowest BCUT2D eigenvalue weighted by molar-refractivity contribution is 0.126. The van der Waals surface area contributed by atoms with E-state index in [0.717, 1.165) is 25.0 Å². The van der Waals surface area contributed by atoms with Crippen LogP contribution in [-0.2, 0) is 0 Å². The summed E-state index contributed by atoms with van der Waals surface area (Å²) in [6.45, 7) is 12.5. The molecular formula is C14H28N2. The standard InChI is InChI=1S/C14H28N2/c1-5-7-8-16-11-13(6-2)15-10-14(16)9-12(3)4/h5,7,12-15H,6,8-11H2,1-4H3/b7-5+. The van der Waals surface area contributed by atoms with Gasteiger partial charge in [-0.05, 0) is 25.7 Å². The second-order valence-corrected chi connectivity index (χ2v) is 5.32. The molecule has 2 heteroatoms. The molecule has 0 bridgehead atoms. The molecule has 0 aromatic rings. The van der Waals surface area contributed by atoms with Gasteiger partial charge in [0.25, 0.3) is 0 Å². The van der Waals surface area contributed by atoms with Crippen molar-refractivity contribution in [3.63, 3.8) is 0 Å². The first-order valence-corrected chi connectivity index (χ1v) is 6.75. The Morgan fingerprint density at radius 3 is 2.75 bits per heavy atom. The highest BCUT2D eigenvalue weighted by atomic mass is 15.2. The van der Waals surface area contributed by atoms with Crippen LogP contribution >= 0.6 is 0 Å². The average Bonchev–Trinajstić information content (AvgIpc) is 2.27. The Hall–Kier alpha value is -0.340. The summed E-state index contributed by atoms with van der Waals surface area (Å²) in [5.74, 6) is 0.790. The van der Waals surface area contributed by atoms with Gasteiger partial charge in [0.2, 0.25) is 0 Å². The van der Waals surface area contributed by atoms with Crippen molar-refractivity contribution in [2.75, 3.05) is 19.6 Å². The Morgan fingerprint density at radius 2 is 2.19 bits per heavy atom. The molecule has 1 rings (SSSR count). The van der Waals surface area contributed by atoms with Crippen LogP contribution < -0.4 is 5.32 Å². The molecule has 0 amide bonds. The molecule has 0 aliphatic carbocycles. The van der Waals surface area contributed by atoms with Crippen LogP contribution in [0.1, 0.15) is 40.5 Å². The van der Waals surface area contributed by atoms with Crippen molar-refractivity contribution in [3.8, 4) is 0 Å². The number of hydrogen-bond donors (Lipinski definition) is 1. The molecule has 16 heavy (non-hydrogen) atoms. The minimum absolute atomic E-state index is 0.689. The quantitative estimate of drug-likeness (QED) is 0.722. The maximum atomic E-state index is 3.66. The number of allylic oxidation sites excluding steroid dienone is 1. The Kier molecular flexibility index (Phi) is 6.07. The first-order chi connectivity index (χ1) is 7.67. The Balaban J connectivity index is 2.52. The smallest absolute Gasteiger partial charge is 0.0227 e. The van der Waals surface area contributed by atoms with Gasteiger partial charge in [0.15, 0.2) is 0 Å². The van der Waals surface area contributed by atoms with Gasteiger partial charge in [-0.15, -0.1) is 0 Å². The van der Waals surface area contributed by atoms with E-state index in [2.05, 4.69) is 50.1 Å². The normalized spacial score (nSPS) is 28.1. The molecule has 1 fully saturated rings. The zero-order valence-electron chi connectivity index (χ0n) is 11.4. The zero-order chi connectivity index (χ0) is 12.0. The molecule has 2 atom stereocenters. The lowest BCUT2D eigenvalue weighted by atomic mass is 9.98. The molecule has 0 spiro atoms. The summed E-state index contributed by atoms with van der Waals surface area (Å²) in [7, 11) is 0. The van der Waals surface area contributed by atoms with E-state index in [4.69, 9.17) is 0 Å². The van der Waals surface area contributed by atoms with E-state index in [0.29, 0.717) is 6.04 Å². The molecule has 1 aliphatic heterocycles. The number of nitrogens with zero attached hydrogens (tertiary/aromatic N) is 1. The van der Waals surface area contributed by atoms with Gasteiger partial charge in [-0.2, -0.15) is 0 Å². The van der Waals surface area contributed by atoms with Crippen molar-refractivity contribution in [1.29, 1.82) is 0 Å². The first kappa shape index (κ1) is 13.7. The third-order valence-corrected chi connectivity index (χ3v) is 3.43. The predicted molar refractivity (Wildman–Crippen MR) is 71.7 cm³/mol. The maximum Gasteiger partial charge on any atom is 0.0227 e. The molecule has 1 heterocycles. The summed E-state index contributed by atoms with van der Waals surface area (Å²) in [6.07, 6.45) is 6.99. The maximum absolute atomic E-state index is 3.66. The minimum atomic E-state index is 0.689. The van der Waals surface area contributed by atoms with Crippen LogP contribution in [0, 0.1) is 5.92 Å². The molecule has 0 radical (unpaired) electrons. The third kappa shape index (κ3) is 4.26. The number of piperazine rings is 1. The van der Waals surface area contributed by atoms with Crippen molar-refractivity contribution in [2.45, 2.75) is 52.6 Å². The van der Waals surface area contributed by atoms with Gasteiger partial charge in [-0.1, -0.05) is 32.9 Å². The largest absolute Gasteiger partial charge is 0.311 e. The van der Waals surface area contributed by atoms with Crippen molar-refractivity contribution < 1.29 is 0 Å². The van der Waals surface area contributed by atoms with Gasteiger partial charge in [0.05, 0.1) is 0 Å². The average molecular weight is 224 g/mol. The molecule has 2 unspecified atom stereocenters. The lowest BCUT2D eigenvalue weighted by Crippen LogP contribution is -2.56. The summed E-state index contributed by atoms with van der Waals surface area (Å²) >= 11 is 0. The van der Waals surface area contributed by atoms with E-state index in [1.54, 1.807) is 0 Å². The lowest BCUT2D eigenvalue weighted by Gasteiger charge is -2.40. The predicted octanol–water partition coefficient (Wildman–Crippen LogP) is 2.66. The summed E-state index contributed by atoms with van der Waals surface area (Å²) in [5, 5.41) is 3.66. The highest BCUT2D eigenvalue weighted by Gasteiger charge is 2.26. The molecule has 0 saturated carbocycles. The summed E-state index contributed by atoms with van der Waals surface area (Å²) in [6, 6.07) is 1.41. The van der Waals surface area contributed by atoms with Crippen molar-refractivity contribution in [1.82, 2.24) is 10.2 Å². The fraction of sp³-hybridized carbons (Fsp3) is 0.857. The number of nitrogens with one attached hydrogen (secondary N) is 1. The van der Waals surface area contributed by atoms with Gasteiger partial charge in [-0.3, -0.25) is 4.90 Å². The fourth-order valence-electron chi connectivity index (χ4n) is 2.44. The van der Waals surface area contributed by atoms with Crippen LogP contribution in [-0.4, -0.2) is 36.6 Å². The van der Waals surface area contributed by atoms with Crippen molar-refractivity contribution in [3.05, 3.63) is 12.2 Å². The summed E-state index contributed by atoms with van der Waals surface area (Å²) < 4.78 is 0. The molecule has 0 aromatic heterocycles. The van der Waals surface area contributed by atoms with Crippen LogP contribution in [0.25, 0.3) is 0 Å². The van der Waals surface area contributed by atoms with Gasteiger partial charge in [0.1, 0.15) is 0 Å². The van der Waals surface area contributed by atoms with E-state index in [1.165, 1.54) is 19.4 Å². The number of hydrogen-bond acceptors (Lipinski definition) is 2. The van der Waals surface area contributed by atoms with Gasteiger partial charge < -0.3 is 5.32 Å². The zero-order valence-corrected chi connectivity index (χ0v) is 11.4. The first-order valence-electron chi connectivity index (χ1n) is 6.75. The SMILES string of the molecule is C/C=C/CN1CC(CC)NCC1CC(C)C. The molecule has 1 saturated heterocycles. The Bertz CT molecular complexity index is 211. The van der Waals surface area contributed by atoms with E-state index in [1.807, 2.05) is 0 Å². The van der Waals surface area contributed by atoms with Crippen LogP contribution in [0.4, 0.5) is 0 Å². The molecule has 1 aliphatic rings. The van der Waals surface area contributed by atoms with Crippen molar-refractivity contribution >= 4 is 0 Å². The van der Waals surface area contributed by atoms with Crippen LogP contribution in [0.3, 0.4) is 0 Å². The Morgan fingerprint density at radius 1 is 1.44 bits per heavy atom. The fourth-order valence-corrected chi connectivity index (χ4v) is 2.44. The van der Waals surface area contributed by atoms with E-state index in [-0.39, 0.29) is 0 Å². The second kappa shape index (κ2) is 7.08. The molecule has 0 aromatic carbocycles. The van der Waals surface area contributed by atoms with Gasteiger partial charge in [0, 0.05) is 31.7 Å². The highest BCUT2D eigenvalue weighted by Crippen LogP contribution is 2.16. The molecular weight excluding hydrogens is 196 g/mol. The van der Waals surface area contributed by atoms with Crippen LogP contribution in [0.15, 0.2) is 12.2 Å². The van der Waals surface area contributed by atoms with Crippen LogP contribution in [0.5, 0.6) is 0 Å². The molecule has 1 N–H and O–H groups in total. The topological polar surface area (TPSA) is 15.3 Å². The minimum Gasteiger partial charge on any atom is -0.311 e. The molecule has 94 valence electrons. The van der Waals surface area contributed by atoms with Gasteiger partial charge in [-0.25, -0.2) is 0 Å². The third-order valence-electron chi connectivity index (χ3n) is 3.43. The Labute approximate surface area is 101 Å². The summed E-state index contributed by atoms with van der Waals surface area (Å²) in [5.41, 5.74) is 0.